The van der Waals surface area contributed by atoms with E-state index in [4.69, 9.17) is 9.73 Å². The highest BCUT2D eigenvalue weighted by Crippen LogP contribution is 2.14. The van der Waals surface area contributed by atoms with E-state index >= 15 is 0 Å². The molecule has 2 heterocycles. The maximum atomic E-state index is 12.7. The zero-order chi connectivity index (χ0) is 20.2. The van der Waals surface area contributed by atoms with Crippen molar-refractivity contribution in [2.24, 2.45) is 4.99 Å². The lowest BCUT2D eigenvalue weighted by atomic mass is 10.2. The molecule has 1 unspecified atom stereocenters. The molecule has 0 radical (unpaired) electrons. The molecule has 7 nitrogen and oxygen atoms in total. The van der Waals surface area contributed by atoms with Gasteiger partial charge in [0, 0.05) is 65.6 Å². The summed E-state index contributed by atoms with van der Waals surface area (Å²) in [6, 6.07) is -0.0138. The minimum atomic E-state index is -0.0138. The first-order valence-electron chi connectivity index (χ1n) is 11.3. The molecule has 0 aromatic carbocycles. The second-order valence-electron chi connectivity index (χ2n) is 7.79. The van der Waals surface area contributed by atoms with Gasteiger partial charge in [-0.3, -0.25) is 14.7 Å². The maximum Gasteiger partial charge on any atom is 0.239 e. The van der Waals surface area contributed by atoms with Crippen molar-refractivity contribution in [2.75, 3.05) is 65.6 Å². The molecule has 8 heteroatoms. The number of rotatable bonds is 10. The summed E-state index contributed by atoms with van der Waals surface area (Å²) in [5.41, 5.74) is 0. The van der Waals surface area contributed by atoms with E-state index in [0.29, 0.717) is 5.91 Å². The molecule has 2 aliphatic rings. The highest BCUT2D eigenvalue weighted by Gasteiger charge is 2.30. The van der Waals surface area contributed by atoms with E-state index in [-0.39, 0.29) is 30.0 Å². The number of nitrogens with one attached hydrogen (secondary N) is 1. The number of hydrogen-bond donors (Lipinski definition) is 1. The Bertz CT molecular complexity index is 478. The Labute approximate surface area is 194 Å². The second kappa shape index (κ2) is 15.2. The summed E-state index contributed by atoms with van der Waals surface area (Å²) in [5, 5.41) is 3.42. The average Bonchev–Trinajstić information content (AvgIpc) is 3.26. The van der Waals surface area contributed by atoms with E-state index in [9.17, 15) is 4.79 Å². The lowest BCUT2D eigenvalue weighted by molar-refractivity contribution is -0.135. The van der Waals surface area contributed by atoms with Gasteiger partial charge in [0.05, 0.1) is 6.04 Å². The molecule has 2 rings (SSSR count). The van der Waals surface area contributed by atoms with Crippen molar-refractivity contribution < 1.29 is 9.53 Å². The number of likely N-dealkylation sites (tertiary alicyclic amines) is 1. The molecule has 0 saturated carbocycles. The highest BCUT2D eigenvalue weighted by atomic mass is 127. The first kappa shape index (κ1) is 26.4. The molecule has 1 N–H and O–H groups in total. The van der Waals surface area contributed by atoms with Crippen molar-refractivity contribution in [3.63, 3.8) is 0 Å². The molecular weight excluding hydrogens is 481 g/mol. The third-order valence-electron chi connectivity index (χ3n) is 5.62. The third-order valence-corrected chi connectivity index (χ3v) is 5.62. The third kappa shape index (κ3) is 8.96. The number of piperazine rings is 1. The molecule has 0 aromatic rings. The Morgan fingerprint density at radius 1 is 1.00 bits per heavy atom. The number of carbonyl (C=O) groups is 1. The molecule has 0 bridgehead atoms. The number of hydrogen-bond acceptors (Lipinski definition) is 4. The highest BCUT2D eigenvalue weighted by molar-refractivity contribution is 14.0. The second-order valence-corrected chi connectivity index (χ2v) is 7.79. The van der Waals surface area contributed by atoms with Crippen LogP contribution < -0.4 is 5.32 Å². The van der Waals surface area contributed by atoms with Gasteiger partial charge in [-0.15, -0.1) is 24.0 Å². The summed E-state index contributed by atoms with van der Waals surface area (Å²) < 4.78 is 5.62. The summed E-state index contributed by atoms with van der Waals surface area (Å²) in [7, 11) is 0. The van der Waals surface area contributed by atoms with Crippen LogP contribution in [-0.2, 0) is 9.53 Å². The first-order valence-corrected chi connectivity index (χ1v) is 11.3. The van der Waals surface area contributed by atoms with Gasteiger partial charge in [-0.2, -0.15) is 0 Å². The molecule has 1 atom stereocenters. The van der Waals surface area contributed by atoms with Crippen LogP contribution in [0.5, 0.6) is 0 Å². The van der Waals surface area contributed by atoms with E-state index in [2.05, 4.69) is 35.9 Å². The van der Waals surface area contributed by atoms with Gasteiger partial charge < -0.3 is 19.9 Å². The SMILES string of the molecule is CCCCOCCCN=C(NCC)N1CCN(C(C)C(=O)N2CCCC2)CC1.I. The van der Waals surface area contributed by atoms with Gasteiger partial charge in [0.1, 0.15) is 0 Å². The van der Waals surface area contributed by atoms with E-state index < -0.39 is 0 Å². The van der Waals surface area contributed by atoms with Crippen molar-refractivity contribution in [2.45, 2.75) is 58.9 Å². The summed E-state index contributed by atoms with van der Waals surface area (Å²) in [5.74, 6) is 1.30. The zero-order valence-electron chi connectivity index (χ0n) is 18.7. The lowest BCUT2D eigenvalue weighted by Crippen LogP contribution is -2.57. The van der Waals surface area contributed by atoms with Crippen LogP contribution in [0.4, 0.5) is 0 Å². The van der Waals surface area contributed by atoms with E-state index in [1.807, 2.05) is 4.90 Å². The number of guanidine groups is 1. The quantitative estimate of drug-likeness (QED) is 0.206. The Morgan fingerprint density at radius 2 is 1.66 bits per heavy atom. The predicted molar refractivity (Wildman–Crippen MR) is 130 cm³/mol. The van der Waals surface area contributed by atoms with Gasteiger partial charge in [-0.1, -0.05) is 13.3 Å². The first-order chi connectivity index (χ1) is 13.7. The van der Waals surface area contributed by atoms with Gasteiger partial charge in [-0.05, 0) is 39.5 Å². The standard InChI is InChI=1S/C21H41N5O2.HI/c1-4-6-17-28-18-9-10-23-21(22-5-2)26-15-13-24(14-16-26)19(3)20(27)25-11-7-8-12-25;/h19H,4-18H2,1-3H3,(H,22,23);1H. The predicted octanol–water partition coefficient (Wildman–Crippen LogP) is 2.41. The van der Waals surface area contributed by atoms with Crippen LogP contribution in [0.3, 0.4) is 0 Å². The molecule has 2 aliphatic heterocycles. The molecule has 2 saturated heterocycles. The number of carbonyl (C=O) groups excluding carboxylic acids is 1. The Balaban J connectivity index is 0.00000420. The van der Waals surface area contributed by atoms with Gasteiger partial charge in [0.25, 0.3) is 0 Å². The van der Waals surface area contributed by atoms with Crippen LogP contribution in [0.1, 0.15) is 52.9 Å². The fraction of sp³-hybridized carbons (Fsp3) is 0.905. The van der Waals surface area contributed by atoms with Crippen LogP contribution in [0.25, 0.3) is 0 Å². The molecule has 29 heavy (non-hydrogen) atoms. The van der Waals surface area contributed by atoms with Gasteiger partial charge in [0.2, 0.25) is 5.91 Å². The molecule has 0 spiro atoms. The summed E-state index contributed by atoms with van der Waals surface area (Å²) in [4.78, 5) is 24.1. The smallest absolute Gasteiger partial charge is 0.239 e. The average molecular weight is 524 g/mol. The number of ether oxygens (including phenoxy) is 1. The lowest BCUT2D eigenvalue weighted by Gasteiger charge is -2.39. The fourth-order valence-electron chi connectivity index (χ4n) is 3.80. The molecule has 0 aromatic heterocycles. The Morgan fingerprint density at radius 3 is 2.28 bits per heavy atom. The van der Waals surface area contributed by atoms with Gasteiger partial charge in [-0.25, -0.2) is 0 Å². The number of halogens is 1. The molecular formula is C21H42IN5O2. The van der Waals surface area contributed by atoms with Crippen molar-refractivity contribution in [1.29, 1.82) is 0 Å². The van der Waals surface area contributed by atoms with Crippen molar-refractivity contribution in [3.8, 4) is 0 Å². The largest absolute Gasteiger partial charge is 0.381 e. The fourth-order valence-corrected chi connectivity index (χ4v) is 3.80. The maximum absolute atomic E-state index is 12.7. The topological polar surface area (TPSA) is 60.4 Å². The van der Waals surface area contributed by atoms with Crippen LogP contribution in [-0.4, -0.2) is 98.2 Å². The molecule has 0 aliphatic carbocycles. The Hall–Kier alpha value is -0.610. The summed E-state index contributed by atoms with van der Waals surface area (Å²) in [6.45, 7) is 15.2. The molecule has 2 fully saturated rings. The molecule has 1 amide bonds. The van der Waals surface area contributed by atoms with E-state index in [1.54, 1.807) is 0 Å². The van der Waals surface area contributed by atoms with Crippen molar-refractivity contribution >= 4 is 35.8 Å². The number of unbranched alkanes of at least 4 members (excludes halogenated alkanes) is 1. The van der Waals surface area contributed by atoms with E-state index in [1.165, 1.54) is 6.42 Å². The van der Waals surface area contributed by atoms with Crippen molar-refractivity contribution in [3.05, 3.63) is 0 Å². The number of nitrogens with zero attached hydrogens (tertiary/aromatic N) is 4. The zero-order valence-corrected chi connectivity index (χ0v) is 21.0. The number of amides is 1. The van der Waals surface area contributed by atoms with Crippen LogP contribution in [0.2, 0.25) is 0 Å². The van der Waals surface area contributed by atoms with Crippen LogP contribution in [0.15, 0.2) is 4.99 Å². The van der Waals surface area contributed by atoms with Gasteiger partial charge in [0.15, 0.2) is 5.96 Å². The minimum absolute atomic E-state index is 0. The molecule has 170 valence electrons. The van der Waals surface area contributed by atoms with E-state index in [0.717, 1.165) is 97.2 Å². The summed E-state index contributed by atoms with van der Waals surface area (Å²) in [6.07, 6.45) is 5.57. The summed E-state index contributed by atoms with van der Waals surface area (Å²) >= 11 is 0. The van der Waals surface area contributed by atoms with Crippen LogP contribution >= 0.6 is 24.0 Å². The normalized spacial score (nSPS) is 19.2. The van der Waals surface area contributed by atoms with Crippen molar-refractivity contribution in [1.82, 2.24) is 20.0 Å². The van der Waals surface area contributed by atoms with Crippen LogP contribution in [0, 0.1) is 0 Å². The number of aliphatic imine (C=N–C) groups is 1. The Kier molecular flexibility index (Phi) is 13.9. The van der Waals surface area contributed by atoms with Gasteiger partial charge >= 0.3 is 0 Å². The minimum Gasteiger partial charge on any atom is -0.381 e. The monoisotopic (exact) mass is 523 g/mol.